The van der Waals surface area contributed by atoms with Gasteiger partial charge in [0, 0.05) is 25.0 Å². The quantitative estimate of drug-likeness (QED) is 0.139. The van der Waals surface area contributed by atoms with Crippen LogP contribution in [-0.2, 0) is 4.79 Å². The van der Waals surface area contributed by atoms with Crippen molar-refractivity contribution in [1.29, 1.82) is 0 Å². The number of non-ortho nitro benzene ring substituents is 1. The Morgan fingerprint density at radius 1 is 1.08 bits per heavy atom. The van der Waals surface area contributed by atoms with E-state index < -0.39 is 4.92 Å². The highest BCUT2D eigenvalue weighted by atomic mass is 16.6. The fourth-order valence-corrected chi connectivity index (χ4v) is 1.85. The molecule has 0 aliphatic heterocycles. The van der Waals surface area contributed by atoms with Gasteiger partial charge in [-0.15, -0.1) is 12.3 Å². The van der Waals surface area contributed by atoms with Gasteiger partial charge in [-0.25, -0.2) is 0 Å². The van der Waals surface area contributed by atoms with E-state index in [9.17, 15) is 14.9 Å². The summed E-state index contributed by atoms with van der Waals surface area (Å²) in [7, 11) is 0. The Balaban J connectivity index is 1.92. The molecule has 0 N–H and O–H groups in total. The number of benzene rings is 2. The topological polar surface area (TPSA) is 94.2 Å². The van der Waals surface area contributed by atoms with Crippen LogP contribution in [0.3, 0.4) is 0 Å². The van der Waals surface area contributed by atoms with Gasteiger partial charge in [0.15, 0.2) is 0 Å². The van der Waals surface area contributed by atoms with Crippen LogP contribution in [0.1, 0.15) is 19.3 Å². The van der Waals surface area contributed by atoms with E-state index >= 15 is 0 Å². The second-order valence-electron chi connectivity index (χ2n) is 5.00. The molecule has 0 heterocycles. The van der Waals surface area contributed by atoms with Crippen molar-refractivity contribution < 1.29 is 14.5 Å². The molecule has 0 amide bonds. The van der Waals surface area contributed by atoms with Crippen LogP contribution in [0.25, 0.3) is 0 Å². The summed E-state index contributed by atoms with van der Waals surface area (Å²) < 4.78 is 5.17. The first kappa shape index (κ1) is 17.8. The van der Waals surface area contributed by atoms with Crippen molar-refractivity contribution in [3.63, 3.8) is 0 Å². The molecule has 0 unspecified atom stereocenters. The number of rotatable bonds is 7. The smallest absolute Gasteiger partial charge is 0.311 e. The van der Waals surface area contributed by atoms with Crippen LogP contribution in [0.5, 0.6) is 5.75 Å². The molecule has 25 heavy (non-hydrogen) atoms. The molecule has 0 bridgehead atoms. The van der Waals surface area contributed by atoms with Crippen LogP contribution in [0.15, 0.2) is 58.8 Å². The number of unbranched alkanes of at least 4 members (excludes halogenated alkanes) is 1. The summed E-state index contributed by atoms with van der Waals surface area (Å²) in [6.45, 7) is 0. The fourth-order valence-electron chi connectivity index (χ4n) is 1.85. The number of carbonyl (C=O) groups is 1. The molecule has 2 aromatic carbocycles. The zero-order valence-electron chi connectivity index (χ0n) is 13.3. The monoisotopic (exact) mass is 337 g/mol. The molecule has 0 aliphatic carbocycles. The van der Waals surface area contributed by atoms with Crippen molar-refractivity contribution in [2.24, 2.45) is 10.2 Å². The van der Waals surface area contributed by atoms with Crippen LogP contribution in [0.2, 0.25) is 0 Å². The van der Waals surface area contributed by atoms with Crippen LogP contribution < -0.4 is 4.74 Å². The van der Waals surface area contributed by atoms with E-state index in [4.69, 9.17) is 11.2 Å². The second-order valence-corrected chi connectivity index (χ2v) is 5.00. The number of terminal acetylenes is 1. The third-order valence-corrected chi connectivity index (χ3v) is 3.11. The van der Waals surface area contributed by atoms with Crippen LogP contribution in [0.4, 0.5) is 17.1 Å². The number of hydrogen-bond acceptors (Lipinski definition) is 6. The number of azo groups is 1. The first-order chi connectivity index (χ1) is 12.1. The van der Waals surface area contributed by atoms with Crippen molar-refractivity contribution in [1.82, 2.24) is 0 Å². The first-order valence-electron chi connectivity index (χ1n) is 7.49. The van der Waals surface area contributed by atoms with Crippen LogP contribution in [0, 0.1) is 22.5 Å². The molecule has 2 aromatic rings. The van der Waals surface area contributed by atoms with Gasteiger partial charge in [0.1, 0.15) is 5.75 Å². The number of nitro groups is 1. The summed E-state index contributed by atoms with van der Waals surface area (Å²) in [4.78, 5) is 21.7. The summed E-state index contributed by atoms with van der Waals surface area (Å²) in [6.07, 6.45) is 6.53. The number of hydrogen-bond donors (Lipinski definition) is 0. The Hall–Kier alpha value is -3.53. The maximum absolute atomic E-state index is 11.6. The fraction of sp³-hybridized carbons (Fsp3) is 0.167. The Morgan fingerprint density at radius 2 is 1.64 bits per heavy atom. The predicted molar refractivity (Wildman–Crippen MR) is 92.0 cm³/mol. The van der Waals surface area contributed by atoms with E-state index in [2.05, 4.69) is 16.1 Å². The van der Waals surface area contributed by atoms with Crippen molar-refractivity contribution in [3.8, 4) is 18.1 Å². The lowest BCUT2D eigenvalue weighted by atomic mass is 10.2. The molecule has 0 fully saturated rings. The van der Waals surface area contributed by atoms with Gasteiger partial charge < -0.3 is 4.74 Å². The van der Waals surface area contributed by atoms with E-state index in [0.717, 1.165) is 0 Å². The predicted octanol–water partition coefficient (Wildman–Crippen LogP) is 4.72. The molecule has 0 atom stereocenters. The van der Waals surface area contributed by atoms with E-state index in [1.54, 1.807) is 24.3 Å². The molecular weight excluding hydrogens is 322 g/mol. The molecule has 0 aromatic heterocycles. The van der Waals surface area contributed by atoms with Crippen molar-refractivity contribution in [2.75, 3.05) is 0 Å². The van der Waals surface area contributed by atoms with E-state index in [1.165, 1.54) is 24.3 Å². The average Bonchev–Trinajstić information content (AvgIpc) is 2.62. The Kier molecular flexibility index (Phi) is 6.37. The summed E-state index contributed by atoms with van der Waals surface area (Å²) in [5, 5.41) is 18.6. The third kappa shape index (κ3) is 5.88. The number of carbonyl (C=O) groups excluding carboxylic acids is 1. The molecule has 0 spiro atoms. The maximum Gasteiger partial charge on any atom is 0.311 e. The van der Waals surface area contributed by atoms with Crippen LogP contribution in [-0.4, -0.2) is 10.9 Å². The lowest BCUT2D eigenvalue weighted by molar-refractivity contribution is -0.384. The zero-order chi connectivity index (χ0) is 18.1. The number of ether oxygens (including phenoxy) is 1. The molecular formula is C18H15N3O4. The summed E-state index contributed by atoms with van der Waals surface area (Å²) in [6, 6.07) is 12.3. The van der Waals surface area contributed by atoms with Gasteiger partial charge in [-0.2, -0.15) is 10.2 Å². The highest BCUT2D eigenvalue weighted by Crippen LogP contribution is 2.23. The van der Waals surface area contributed by atoms with Crippen LogP contribution >= 0.6 is 0 Å². The van der Waals surface area contributed by atoms with Crippen molar-refractivity contribution in [3.05, 3.63) is 58.6 Å². The lowest BCUT2D eigenvalue weighted by Gasteiger charge is -2.03. The van der Waals surface area contributed by atoms with Gasteiger partial charge in [-0.3, -0.25) is 14.9 Å². The lowest BCUT2D eigenvalue weighted by Crippen LogP contribution is -2.07. The standard InChI is InChI=1S/C18H15N3O4/c1-2-3-4-5-18(22)25-17-12-8-15(9-13-17)20-19-14-6-10-16(11-7-14)21(23)24/h1,6-13H,3-5H2. The largest absolute Gasteiger partial charge is 0.427 e. The summed E-state index contributed by atoms with van der Waals surface area (Å²) in [5.74, 6) is 2.55. The van der Waals surface area contributed by atoms with Gasteiger partial charge in [-0.1, -0.05) is 0 Å². The zero-order valence-corrected chi connectivity index (χ0v) is 13.3. The number of nitrogens with zero attached hydrogens (tertiary/aromatic N) is 3. The molecule has 0 aliphatic rings. The van der Waals surface area contributed by atoms with Gasteiger partial charge in [0.05, 0.1) is 16.3 Å². The van der Waals surface area contributed by atoms with Gasteiger partial charge >= 0.3 is 5.97 Å². The molecule has 0 saturated carbocycles. The molecule has 0 saturated heterocycles. The van der Waals surface area contributed by atoms with E-state index in [-0.39, 0.29) is 18.1 Å². The minimum absolute atomic E-state index is 0.00707. The Morgan fingerprint density at radius 3 is 2.16 bits per heavy atom. The highest BCUT2D eigenvalue weighted by molar-refractivity contribution is 5.72. The number of nitro benzene ring substituents is 1. The molecule has 7 nitrogen and oxygen atoms in total. The SMILES string of the molecule is C#CCCCC(=O)Oc1ccc(N=Nc2ccc([N+](=O)[O-])cc2)cc1. The van der Waals surface area contributed by atoms with E-state index in [0.29, 0.717) is 30.0 Å². The van der Waals surface area contributed by atoms with Crippen molar-refractivity contribution in [2.45, 2.75) is 19.3 Å². The molecule has 2 rings (SSSR count). The minimum atomic E-state index is -0.479. The third-order valence-electron chi connectivity index (χ3n) is 3.11. The Bertz CT molecular complexity index is 806. The summed E-state index contributed by atoms with van der Waals surface area (Å²) >= 11 is 0. The molecule has 0 radical (unpaired) electrons. The average molecular weight is 337 g/mol. The van der Waals surface area contributed by atoms with Gasteiger partial charge in [0.2, 0.25) is 0 Å². The number of esters is 1. The normalized spacial score (nSPS) is 10.4. The molecule has 7 heteroatoms. The van der Waals surface area contributed by atoms with Crippen molar-refractivity contribution >= 4 is 23.0 Å². The maximum atomic E-state index is 11.6. The first-order valence-corrected chi connectivity index (χ1v) is 7.49. The van der Waals surface area contributed by atoms with Gasteiger partial charge in [0.25, 0.3) is 5.69 Å². The highest BCUT2D eigenvalue weighted by Gasteiger charge is 2.05. The Labute approximate surface area is 144 Å². The van der Waals surface area contributed by atoms with E-state index in [1.807, 2.05) is 0 Å². The summed E-state index contributed by atoms with van der Waals surface area (Å²) in [5.41, 5.74) is 1.05. The molecule has 126 valence electrons. The minimum Gasteiger partial charge on any atom is -0.427 e. The van der Waals surface area contributed by atoms with Gasteiger partial charge in [-0.05, 0) is 42.8 Å². The second kappa shape index (κ2) is 8.93.